The van der Waals surface area contributed by atoms with Crippen LogP contribution in [0.4, 0.5) is 0 Å². The van der Waals surface area contributed by atoms with Crippen LogP contribution >= 0.6 is 0 Å². The zero-order valence-corrected chi connectivity index (χ0v) is 25.2. The summed E-state index contributed by atoms with van der Waals surface area (Å²) in [6.07, 6.45) is 15.4. The van der Waals surface area contributed by atoms with E-state index in [1.165, 1.54) is 0 Å². The molecule has 0 bridgehead atoms. The van der Waals surface area contributed by atoms with Crippen molar-refractivity contribution >= 4 is 21.9 Å². The number of nitrogens with one attached hydrogen (secondary N) is 2. The highest BCUT2D eigenvalue weighted by Gasteiger charge is 2.21. The molecule has 0 aromatic heterocycles. The normalized spacial score (nSPS) is 12.9. The fourth-order valence-electron chi connectivity index (χ4n) is 4.36. The van der Waals surface area contributed by atoms with Gasteiger partial charge in [0.25, 0.3) is 10.1 Å². The Morgan fingerprint density at radius 1 is 0.676 bits per heavy atom. The zero-order chi connectivity index (χ0) is 28.0. The van der Waals surface area contributed by atoms with Gasteiger partial charge in [0.1, 0.15) is 0 Å². The first-order chi connectivity index (χ1) is 17.5. The third-order valence-electron chi connectivity index (χ3n) is 6.71. The van der Waals surface area contributed by atoms with Crippen molar-refractivity contribution in [3.8, 4) is 0 Å². The Kier molecular flexibility index (Phi) is 21.0. The first-order valence-electron chi connectivity index (χ1n) is 14.8. The minimum atomic E-state index is -4.01. The third-order valence-corrected chi connectivity index (χ3v) is 8.03. The van der Waals surface area contributed by atoms with Gasteiger partial charge in [0.15, 0.2) is 0 Å². The summed E-state index contributed by atoms with van der Waals surface area (Å²) in [6, 6.07) is 0. The standard InChI is InChI=1S/C28H57N3O5S/c1-5-6-23-29-27(32)21-16-12-8-7-10-14-19-26(37(34,35)36)20-15-11-9-13-17-22-28(33)30-24-18-25-31(2,3)4/h26H,5-25H2,1-4H3,(H2-,29,30,32,33,34,35,36)/p+1. The molecule has 0 aliphatic carbocycles. The molecule has 0 aromatic carbocycles. The van der Waals surface area contributed by atoms with Gasteiger partial charge in [-0.1, -0.05) is 71.1 Å². The van der Waals surface area contributed by atoms with E-state index in [0.29, 0.717) is 25.7 Å². The molecular formula is C28H58N3O5S+. The Hall–Kier alpha value is -1.19. The quantitative estimate of drug-likeness (QED) is 0.0822. The van der Waals surface area contributed by atoms with Crippen molar-refractivity contribution in [3.05, 3.63) is 0 Å². The van der Waals surface area contributed by atoms with Gasteiger partial charge in [-0.15, -0.1) is 0 Å². The average Bonchev–Trinajstić information content (AvgIpc) is 2.80. The first kappa shape index (κ1) is 35.8. The van der Waals surface area contributed by atoms with Crippen LogP contribution in [0.15, 0.2) is 0 Å². The SMILES string of the molecule is CCCCNC(=O)CCCCCCCCC(CCCCCCCC(=O)NCCC[N+](C)(C)C)S(=O)(=O)O. The highest BCUT2D eigenvalue weighted by molar-refractivity contribution is 7.86. The van der Waals surface area contributed by atoms with E-state index in [0.717, 1.165) is 114 Å². The minimum Gasteiger partial charge on any atom is -0.356 e. The van der Waals surface area contributed by atoms with E-state index in [2.05, 4.69) is 38.7 Å². The molecule has 2 amide bonds. The largest absolute Gasteiger partial charge is 0.356 e. The molecule has 0 spiro atoms. The van der Waals surface area contributed by atoms with Gasteiger partial charge in [-0.25, -0.2) is 0 Å². The molecule has 0 heterocycles. The maximum absolute atomic E-state index is 11.9. The monoisotopic (exact) mass is 548 g/mol. The predicted octanol–water partition coefficient (Wildman–Crippen LogP) is 5.22. The molecule has 0 saturated carbocycles. The molecule has 0 aliphatic rings. The number of nitrogens with zero attached hydrogens (tertiary/aromatic N) is 1. The Morgan fingerprint density at radius 2 is 1.08 bits per heavy atom. The zero-order valence-electron chi connectivity index (χ0n) is 24.4. The van der Waals surface area contributed by atoms with Gasteiger partial charge in [0.05, 0.1) is 32.9 Å². The minimum absolute atomic E-state index is 0.112. The summed E-state index contributed by atoms with van der Waals surface area (Å²) in [4.78, 5) is 23.6. The lowest BCUT2D eigenvalue weighted by Crippen LogP contribution is -2.37. The van der Waals surface area contributed by atoms with E-state index in [1.54, 1.807) is 0 Å². The molecule has 0 saturated heterocycles. The summed E-state index contributed by atoms with van der Waals surface area (Å²) < 4.78 is 34.0. The van der Waals surface area contributed by atoms with Crippen LogP contribution in [0.3, 0.4) is 0 Å². The summed E-state index contributed by atoms with van der Waals surface area (Å²) in [5.41, 5.74) is 0. The van der Waals surface area contributed by atoms with Crippen molar-refractivity contribution < 1.29 is 27.0 Å². The molecule has 1 unspecified atom stereocenters. The summed E-state index contributed by atoms with van der Waals surface area (Å²) in [5.74, 6) is 0.247. The highest BCUT2D eigenvalue weighted by atomic mass is 32.2. The van der Waals surface area contributed by atoms with Crippen LogP contribution in [0.2, 0.25) is 0 Å². The highest BCUT2D eigenvalue weighted by Crippen LogP contribution is 2.19. The van der Waals surface area contributed by atoms with Crippen molar-refractivity contribution in [3.63, 3.8) is 0 Å². The van der Waals surface area contributed by atoms with Crippen LogP contribution in [0, 0.1) is 0 Å². The number of hydrogen-bond donors (Lipinski definition) is 3. The molecule has 0 radical (unpaired) electrons. The molecule has 0 fully saturated rings. The van der Waals surface area contributed by atoms with Crippen molar-refractivity contribution in [2.45, 2.75) is 128 Å². The van der Waals surface area contributed by atoms with Crippen LogP contribution < -0.4 is 10.6 Å². The maximum Gasteiger partial charge on any atom is 0.267 e. The van der Waals surface area contributed by atoms with Gasteiger partial charge < -0.3 is 15.1 Å². The molecule has 37 heavy (non-hydrogen) atoms. The Morgan fingerprint density at radius 3 is 1.49 bits per heavy atom. The summed E-state index contributed by atoms with van der Waals surface area (Å²) in [5, 5.41) is 5.24. The van der Waals surface area contributed by atoms with Gasteiger partial charge >= 0.3 is 0 Å². The molecule has 0 rings (SSSR count). The van der Waals surface area contributed by atoms with E-state index < -0.39 is 15.4 Å². The van der Waals surface area contributed by atoms with Gasteiger partial charge in [-0.05, 0) is 32.1 Å². The Balaban J connectivity index is 3.78. The lowest BCUT2D eigenvalue weighted by molar-refractivity contribution is -0.870. The summed E-state index contributed by atoms with van der Waals surface area (Å²) in [6.45, 7) is 4.63. The van der Waals surface area contributed by atoms with Gasteiger partial charge in [-0.2, -0.15) is 8.42 Å². The number of unbranched alkanes of at least 4 members (excludes halogenated alkanes) is 10. The molecule has 220 valence electrons. The average molecular weight is 549 g/mol. The molecule has 3 N–H and O–H groups in total. The second kappa shape index (κ2) is 21.7. The second-order valence-corrected chi connectivity index (χ2v) is 13.2. The van der Waals surface area contributed by atoms with E-state index >= 15 is 0 Å². The van der Waals surface area contributed by atoms with Gasteiger partial charge in [-0.3, -0.25) is 14.1 Å². The first-order valence-corrected chi connectivity index (χ1v) is 16.3. The van der Waals surface area contributed by atoms with Crippen LogP contribution in [0.5, 0.6) is 0 Å². The maximum atomic E-state index is 11.9. The molecule has 0 aliphatic heterocycles. The number of carbonyl (C=O) groups is 2. The van der Waals surface area contributed by atoms with E-state index in [9.17, 15) is 22.6 Å². The third kappa shape index (κ3) is 24.9. The lowest BCUT2D eigenvalue weighted by Gasteiger charge is -2.23. The van der Waals surface area contributed by atoms with Crippen LogP contribution in [0.25, 0.3) is 0 Å². The number of quaternary nitrogens is 1. The fraction of sp³-hybridized carbons (Fsp3) is 0.929. The van der Waals surface area contributed by atoms with E-state index in [-0.39, 0.29) is 11.8 Å². The predicted molar refractivity (Wildman–Crippen MR) is 153 cm³/mol. The van der Waals surface area contributed by atoms with Crippen molar-refractivity contribution in [1.29, 1.82) is 0 Å². The van der Waals surface area contributed by atoms with Crippen molar-refractivity contribution in [2.24, 2.45) is 0 Å². The second-order valence-electron chi connectivity index (χ2n) is 11.5. The van der Waals surface area contributed by atoms with Crippen LogP contribution in [0.1, 0.15) is 122 Å². The summed E-state index contributed by atoms with van der Waals surface area (Å²) in [7, 11) is 2.41. The molecular weight excluding hydrogens is 490 g/mol. The molecule has 8 nitrogen and oxygen atoms in total. The van der Waals surface area contributed by atoms with Crippen molar-refractivity contribution in [1.82, 2.24) is 10.6 Å². The fourth-order valence-corrected chi connectivity index (χ4v) is 5.29. The molecule has 9 heteroatoms. The Labute approximate surface area is 228 Å². The van der Waals surface area contributed by atoms with E-state index in [1.807, 2.05) is 0 Å². The summed E-state index contributed by atoms with van der Waals surface area (Å²) >= 11 is 0. The van der Waals surface area contributed by atoms with Gasteiger partial charge in [0.2, 0.25) is 11.8 Å². The number of rotatable bonds is 25. The van der Waals surface area contributed by atoms with Crippen LogP contribution in [-0.4, -0.2) is 75.3 Å². The van der Waals surface area contributed by atoms with Crippen molar-refractivity contribution in [2.75, 3.05) is 40.8 Å². The van der Waals surface area contributed by atoms with E-state index in [4.69, 9.17) is 0 Å². The molecule has 0 aromatic rings. The van der Waals surface area contributed by atoms with Crippen LogP contribution in [-0.2, 0) is 19.7 Å². The lowest BCUT2D eigenvalue weighted by atomic mass is 10.0. The molecule has 1 atom stereocenters. The number of amides is 2. The number of hydrogen-bond acceptors (Lipinski definition) is 4. The number of carbonyl (C=O) groups excluding carboxylic acids is 2. The van der Waals surface area contributed by atoms with Gasteiger partial charge in [0, 0.05) is 32.4 Å². The Bertz CT molecular complexity index is 692. The topological polar surface area (TPSA) is 113 Å². The smallest absolute Gasteiger partial charge is 0.267 e.